The summed E-state index contributed by atoms with van der Waals surface area (Å²) >= 11 is 12.1. The number of carbonyl (C=O) groups is 3. The summed E-state index contributed by atoms with van der Waals surface area (Å²) in [6.45, 7) is 2.48. The summed E-state index contributed by atoms with van der Waals surface area (Å²) in [5.74, 6) is -3.62. The molecular formula is C31H29Cl2F3N2O6. The van der Waals surface area contributed by atoms with E-state index in [4.69, 9.17) is 37.8 Å². The fourth-order valence-electron chi connectivity index (χ4n) is 5.64. The van der Waals surface area contributed by atoms with E-state index >= 15 is 0 Å². The lowest BCUT2D eigenvalue weighted by atomic mass is 9.82. The van der Waals surface area contributed by atoms with Crippen molar-refractivity contribution in [2.24, 2.45) is 5.92 Å². The molecule has 3 fully saturated rings. The van der Waals surface area contributed by atoms with Crippen LogP contribution in [-0.4, -0.2) is 65.9 Å². The number of carboxylic acids is 1. The van der Waals surface area contributed by atoms with E-state index in [9.17, 15) is 27.9 Å². The van der Waals surface area contributed by atoms with Gasteiger partial charge in [0.2, 0.25) is 5.60 Å². The number of hydrogen-bond donors (Lipinski definition) is 2. The number of hydrogen-bond acceptors (Lipinski definition) is 6. The lowest BCUT2D eigenvalue weighted by molar-refractivity contribution is -0.939. The van der Waals surface area contributed by atoms with Gasteiger partial charge in [0.1, 0.15) is 12.5 Å². The lowest BCUT2D eigenvalue weighted by Gasteiger charge is -2.51. The lowest BCUT2D eigenvalue weighted by Crippen LogP contribution is -2.66. The zero-order valence-electron chi connectivity index (χ0n) is 23.2. The normalized spacial score (nSPS) is 21.0. The van der Waals surface area contributed by atoms with Crippen molar-refractivity contribution in [3.05, 3.63) is 100 Å². The van der Waals surface area contributed by atoms with Crippen LogP contribution in [0.1, 0.15) is 24.0 Å². The number of nitrogens with one attached hydrogen (secondary N) is 1. The van der Waals surface area contributed by atoms with Gasteiger partial charge < -0.3 is 29.5 Å². The summed E-state index contributed by atoms with van der Waals surface area (Å²) in [7, 11) is 0. The number of piperidine rings is 3. The molecule has 3 aliphatic heterocycles. The number of nitrogens with zero attached hydrogens (tertiary/aromatic N) is 1. The van der Waals surface area contributed by atoms with Gasteiger partial charge >= 0.3 is 12.1 Å². The molecule has 44 heavy (non-hydrogen) atoms. The van der Waals surface area contributed by atoms with Crippen molar-refractivity contribution in [2.75, 3.05) is 31.5 Å². The third kappa shape index (κ3) is 7.71. The highest BCUT2D eigenvalue weighted by molar-refractivity contribution is 6.42. The topological polar surface area (TPSA) is 116 Å². The van der Waals surface area contributed by atoms with Crippen LogP contribution >= 0.6 is 23.2 Å². The molecule has 3 saturated heterocycles. The smallest absolute Gasteiger partial charge is 0.430 e. The number of aliphatic carboxylic acids is 1. The monoisotopic (exact) mass is 652 g/mol. The first-order valence-electron chi connectivity index (χ1n) is 13.7. The fourth-order valence-corrected chi connectivity index (χ4v) is 5.94. The summed E-state index contributed by atoms with van der Waals surface area (Å²) in [6.07, 6.45) is -3.87. The van der Waals surface area contributed by atoms with E-state index in [2.05, 4.69) is 5.32 Å². The third-order valence-corrected chi connectivity index (χ3v) is 8.63. The Hall–Kier alpha value is -3.64. The predicted molar refractivity (Wildman–Crippen MR) is 154 cm³/mol. The first kappa shape index (κ1) is 33.3. The Morgan fingerprint density at radius 3 is 1.91 bits per heavy atom. The Morgan fingerprint density at radius 1 is 0.909 bits per heavy atom. The number of amides is 1. The summed E-state index contributed by atoms with van der Waals surface area (Å²) in [5.41, 5.74) is -0.428. The Bertz CT molecular complexity index is 1440. The molecule has 0 spiro atoms. The van der Waals surface area contributed by atoms with Crippen LogP contribution in [0.5, 0.6) is 0 Å². The molecule has 0 radical (unpaired) electrons. The van der Waals surface area contributed by atoms with Gasteiger partial charge in [-0.3, -0.25) is 4.79 Å². The highest BCUT2D eigenvalue weighted by atomic mass is 35.5. The number of aliphatic hydroxyl groups is 1. The SMILES string of the molecule is O=C(C[N+]12CCC(CC1)[C@@H](OC(=O)C(O)(c1ccccc1)c1ccccc1)C2)Nc1ccc(Cl)c(Cl)c1.O=C([O-])C(F)(F)F. The largest absolute Gasteiger partial charge is 0.542 e. The molecule has 234 valence electrons. The van der Waals surface area contributed by atoms with Gasteiger partial charge in [0.15, 0.2) is 12.6 Å². The van der Waals surface area contributed by atoms with Gasteiger partial charge in [-0.15, -0.1) is 0 Å². The number of fused-ring (bicyclic) bond motifs is 3. The maximum Gasteiger partial charge on any atom is 0.430 e. The molecule has 0 aromatic heterocycles. The zero-order chi connectivity index (χ0) is 32.1. The Balaban J connectivity index is 0.000000566. The minimum Gasteiger partial charge on any atom is -0.542 e. The van der Waals surface area contributed by atoms with Crippen LogP contribution in [0, 0.1) is 5.92 Å². The highest BCUT2D eigenvalue weighted by Gasteiger charge is 2.51. The van der Waals surface area contributed by atoms with Crippen molar-refractivity contribution in [3.8, 4) is 0 Å². The molecule has 8 nitrogen and oxygen atoms in total. The maximum atomic E-state index is 13.7. The molecule has 3 heterocycles. The number of halogens is 5. The Labute approximate surface area is 261 Å². The quantitative estimate of drug-likeness (QED) is 0.290. The molecule has 6 rings (SSSR count). The number of quaternary nitrogens is 1. The molecule has 1 amide bonds. The molecule has 2 bridgehead atoms. The van der Waals surface area contributed by atoms with E-state index in [-0.39, 0.29) is 24.5 Å². The summed E-state index contributed by atoms with van der Waals surface area (Å²) in [6, 6.07) is 22.7. The number of ether oxygens (including phenoxy) is 1. The molecule has 2 N–H and O–H groups in total. The second-order valence-corrected chi connectivity index (χ2v) is 11.6. The first-order chi connectivity index (χ1) is 20.7. The van der Waals surface area contributed by atoms with Crippen molar-refractivity contribution in [2.45, 2.75) is 30.7 Å². The van der Waals surface area contributed by atoms with E-state index in [1.807, 2.05) is 12.1 Å². The van der Waals surface area contributed by atoms with Crippen molar-refractivity contribution < 1.29 is 47.0 Å². The van der Waals surface area contributed by atoms with E-state index < -0.39 is 23.7 Å². The summed E-state index contributed by atoms with van der Waals surface area (Å²) in [4.78, 5) is 35.4. The minimum atomic E-state index is -5.19. The van der Waals surface area contributed by atoms with Gasteiger partial charge in [-0.2, -0.15) is 13.2 Å². The number of anilines is 1. The second-order valence-electron chi connectivity index (χ2n) is 10.8. The van der Waals surface area contributed by atoms with Gasteiger partial charge in [0.05, 0.1) is 23.1 Å². The average Bonchev–Trinajstić information content (AvgIpc) is 2.99. The first-order valence-corrected chi connectivity index (χ1v) is 14.4. The van der Waals surface area contributed by atoms with Crippen LogP contribution in [0.4, 0.5) is 18.9 Å². The highest BCUT2D eigenvalue weighted by Crippen LogP contribution is 2.38. The van der Waals surface area contributed by atoms with Crippen LogP contribution in [0.25, 0.3) is 0 Å². The molecule has 3 aliphatic rings. The predicted octanol–water partition coefficient (Wildman–Crippen LogP) is 4.32. The van der Waals surface area contributed by atoms with Crippen molar-refractivity contribution in [1.29, 1.82) is 0 Å². The number of rotatable bonds is 7. The van der Waals surface area contributed by atoms with E-state index in [0.29, 0.717) is 37.9 Å². The number of carbonyl (C=O) groups excluding carboxylic acids is 3. The van der Waals surface area contributed by atoms with Crippen LogP contribution in [-0.2, 0) is 24.7 Å². The van der Waals surface area contributed by atoms with E-state index in [0.717, 1.165) is 25.9 Å². The van der Waals surface area contributed by atoms with Crippen LogP contribution in [0.3, 0.4) is 0 Å². The average molecular weight is 653 g/mol. The van der Waals surface area contributed by atoms with Gasteiger partial charge in [-0.25, -0.2) is 4.79 Å². The van der Waals surface area contributed by atoms with Crippen LogP contribution < -0.4 is 10.4 Å². The molecule has 13 heteroatoms. The Kier molecular flexibility index (Phi) is 10.2. The van der Waals surface area contributed by atoms with Gasteiger partial charge in [0.25, 0.3) is 5.91 Å². The number of benzene rings is 3. The maximum absolute atomic E-state index is 13.7. The standard InChI is InChI=1S/C29H28Cl2N2O4.C2HF3O2/c30-24-12-11-23(17-25(24)31)32-27(34)19-33-15-13-20(14-16-33)26(18-33)37-28(35)29(36,21-7-3-1-4-8-21)22-9-5-2-6-10-22;3-2(4,5)1(6)7/h1-12,17,20,26,36H,13-16,18-19H2;(H,6,7)/t20?,26-,33?;/m0./s1. The molecule has 0 saturated carbocycles. The van der Waals surface area contributed by atoms with Crippen LogP contribution in [0.2, 0.25) is 10.0 Å². The summed E-state index contributed by atoms with van der Waals surface area (Å²) in [5, 5.41) is 24.3. The zero-order valence-corrected chi connectivity index (χ0v) is 24.7. The molecular weight excluding hydrogens is 624 g/mol. The van der Waals surface area contributed by atoms with Crippen molar-refractivity contribution >= 4 is 46.7 Å². The van der Waals surface area contributed by atoms with E-state index in [1.165, 1.54) is 0 Å². The van der Waals surface area contributed by atoms with Gasteiger partial charge in [-0.1, -0.05) is 83.9 Å². The van der Waals surface area contributed by atoms with Crippen LogP contribution in [0.15, 0.2) is 78.9 Å². The number of carboxylic acid groups (broad SMARTS) is 1. The van der Waals surface area contributed by atoms with Gasteiger partial charge in [-0.05, 0) is 29.3 Å². The third-order valence-electron chi connectivity index (χ3n) is 7.89. The van der Waals surface area contributed by atoms with E-state index in [1.54, 1.807) is 66.7 Å². The second kappa shape index (κ2) is 13.6. The molecule has 0 unspecified atom stereocenters. The summed E-state index contributed by atoms with van der Waals surface area (Å²) < 4.78 is 38.2. The van der Waals surface area contributed by atoms with Gasteiger partial charge in [0, 0.05) is 24.4 Å². The number of alkyl halides is 3. The van der Waals surface area contributed by atoms with Crippen molar-refractivity contribution in [1.82, 2.24) is 0 Å². The molecule has 3 aromatic rings. The Morgan fingerprint density at radius 2 is 1.43 bits per heavy atom. The minimum absolute atomic E-state index is 0.131. The molecule has 0 aliphatic carbocycles. The fraction of sp³-hybridized carbons (Fsp3) is 0.323. The molecule has 3 aromatic carbocycles. The van der Waals surface area contributed by atoms with Crippen molar-refractivity contribution in [3.63, 3.8) is 0 Å². The molecule has 1 atom stereocenters. The number of esters is 1.